The monoisotopic (exact) mass is 439 g/mol. The van der Waals surface area contributed by atoms with Crippen LogP contribution in [0.4, 0.5) is 11.6 Å². The van der Waals surface area contributed by atoms with Gasteiger partial charge in [0.05, 0.1) is 18.6 Å². The van der Waals surface area contributed by atoms with Crippen LogP contribution < -0.4 is 21.3 Å². The van der Waals surface area contributed by atoms with E-state index in [0.29, 0.717) is 5.16 Å². The first-order chi connectivity index (χ1) is 14.9. The number of ether oxygens (including phenoxy) is 1. The number of carbonyl (C=O) groups excluding carboxylic acids is 1. The molecule has 1 amide bonds. The Labute approximate surface area is 185 Å². The molecule has 10 heteroatoms. The van der Waals surface area contributed by atoms with E-state index >= 15 is 0 Å². The number of rotatable bonds is 8. The largest absolute Gasteiger partial charge is 0.497 e. The van der Waals surface area contributed by atoms with Crippen LogP contribution in [0, 0.1) is 13.8 Å². The SMILES string of the molecule is COc1ccc(/C(C)=N/Nc2nnc(SCC(=O)Nc3ccc(C)c(C)c3)n2N)cc1. The number of nitrogens with one attached hydrogen (secondary N) is 2. The van der Waals surface area contributed by atoms with Gasteiger partial charge in [-0.05, 0) is 73.9 Å². The zero-order chi connectivity index (χ0) is 22.4. The lowest BCUT2D eigenvalue weighted by atomic mass is 10.1. The van der Waals surface area contributed by atoms with Gasteiger partial charge >= 0.3 is 0 Å². The molecule has 0 radical (unpaired) electrons. The van der Waals surface area contributed by atoms with E-state index in [1.165, 1.54) is 22.0 Å². The molecule has 3 rings (SSSR count). The van der Waals surface area contributed by atoms with E-state index in [9.17, 15) is 4.79 Å². The van der Waals surface area contributed by atoms with E-state index in [4.69, 9.17) is 10.6 Å². The number of methoxy groups -OCH3 is 1. The minimum atomic E-state index is -0.154. The maximum absolute atomic E-state index is 12.2. The van der Waals surface area contributed by atoms with Crippen LogP contribution in [0.2, 0.25) is 0 Å². The molecule has 0 saturated heterocycles. The van der Waals surface area contributed by atoms with Gasteiger partial charge < -0.3 is 15.9 Å². The summed E-state index contributed by atoms with van der Waals surface area (Å²) in [5, 5.41) is 15.6. The number of aryl methyl sites for hydroxylation is 2. The van der Waals surface area contributed by atoms with Crippen LogP contribution in [0.3, 0.4) is 0 Å². The third kappa shape index (κ3) is 5.76. The fourth-order valence-electron chi connectivity index (χ4n) is 2.63. The molecule has 0 aliphatic carbocycles. The number of anilines is 2. The first kappa shape index (κ1) is 22.2. The van der Waals surface area contributed by atoms with E-state index in [0.717, 1.165) is 28.3 Å². The van der Waals surface area contributed by atoms with Crippen molar-refractivity contribution in [3.63, 3.8) is 0 Å². The first-order valence-electron chi connectivity index (χ1n) is 9.52. The van der Waals surface area contributed by atoms with Gasteiger partial charge in [0.15, 0.2) is 0 Å². The highest BCUT2D eigenvalue weighted by Gasteiger charge is 2.12. The van der Waals surface area contributed by atoms with Gasteiger partial charge in [-0.15, -0.1) is 10.2 Å². The lowest BCUT2D eigenvalue weighted by Crippen LogP contribution is -2.17. The standard InChI is InChI=1S/C21H25N7O2S/c1-13-5-8-17(11-14(13)2)23-19(29)12-31-21-27-26-20(28(21)22)25-24-15(3)16-6-9-18(30-4)10-7-16/h5-11H,12,22H2,1-4H3,(H,23,29)(H,25,26)/b24-15+. The summed E-state index contributed by atoms with van der Waals surface area (Å²) in [5.74, 6) is 7.07. The number of nitrogens with zero attached hydrogens (tertiary/aromatic N) is 4. The quantitative estimate of drug-likeness (QED) is 0.213. The molecule has 2 aromatic carbocycles. The van der Waals surface area contributed by atoms with E-state index in [-0.39, 0.29) is 17.6 Å². The lowest BCUT2D eigenvalue weighted by Gasteiger charge is -2.07. The van der Waals surface area contributed by atoms with Crippen molar-refractivity contribution >= 4 is 35.0 Å². The van der Waals surface area contributed by atoms with Gasteiger partial charge in [0.25, 0.3) is 5.95 Å². The number of benzene rings is 2. The van der Waals surface area contributed by atoms with Crippen LogP contribution in [0.1, 0.15) is 23.6 Å². The molecule has 31 heavy (non-hydrogen) atoms. The van der Waals surface area contributed by atoms with E-state index in [2.05, 4.69) is 26.0 Å². The van der Waals surface area contributed by atoms with Crippen molar-refractivity contribution in [1.29, 1.82) is 0 Å². The van der Waals surface area contributed by atoms with Crippen LogP contribution in [-0.2, 0) is 4.79 Å². The van der Waals surface area contributed by atoms with Gasteiger partial charge in [-0.3, -0.25) is 4.79 Å². The second kappa shape index (κ2) is 9.98. The van der Waals surface area contributed by atoms with Gasteiger partial charge in [-0.1, -0.05) is 17.8 Å². The van der Waals surface area contributed by atoms with E-state index in [1.54, 1.807) is 7.11 Å². The summed E-state index contributed by atoms with van der Waals surface area (Å²) >= 11 is 1.19. The smallest absolute Gasteiger partial charge is 0.264 e. The summed E-state index contributed by atoms with van der Waals surface area (Å²) in [4.78, 5) is 12.2. The van der Waals surface area contributed by atoms with Crippen molar-refractivity contribution in [1.82, 2.24) is 14.9 Å². The summed E-state index contributed by atoms with van der Waals surface area (Å²) < 4.78 is 6.42. The van der Waals surface area contributed by atoms with Gasteiger partial charge in [-0.25, -0.2) is 10.1 Å². The van der Waals surface area contributed by atoms with Crippen molar-refractivity contribution in [2.24, 2.45) is 5.10 Å². The average molecular weight is 440 g/mol. The number of carbonyl (C=O) groups is 1. The first-order valence-corrected chi connectivity index (χ1v) is 10.5. The van der Waals surface area contributed by atoms with Crippen molar-refractivity contribution < 1.29 is 9.53 Å². The Bertz CT molecular complexity index is 1090. The zero-order valence-corrected chi connectivity index (χ0v) is 18.7. The van der Waals surface area contributed by atoms with Crippen molar-refractivity contribution in [2.45, 2.75) is 25.9 Å². The van der Waals surface area contributed by atoms with Crippen molar-refractivity contribution in [3.05, 3.63) is 59.2 Å². The molecule has 162 valence electrons. The Morgan fingerprint density at radius 2 is 1.90 bits per heavy atom. The molecule has 4 N–H and O–H groups in total. The fourth-order valence-corrected chi connectivity index (χ4v) is 3.29. The predicted molar refractivity (Wildman–Crippen MR) is 124 cm³/mol. The summed E-state index contributed by atoms with van der Waals surface area (Å²) in [5.41, 5.74) is 7.53. The Hall–Kier alpha value is -3.53. The third-order valence-corrected chi connectivity index (χ3v) is 5.56. The molecule has 0 aliphatic rings. The molecule has 0 saturated carbocycles. The maximum atomic E-state index is 12.2. The van der Waals surface area contributed by atoms with Gasteiger partial charge in [0.2, 0.25) is 11.1 Å². The van der Waals surface area contributed by atoms with Gasteiger partial charge in [0.1, 0.15) is 5.75 Å². The van der Waals surface area contributed by atoms with Gasteiger partial charge in [-0.2, -0.15) is 5.10 Å². The molecule has 1 heterocycles. The van der Waals surface area contributed by atoms with Crippen molar-refractivity contribution in [2.75, 3.05) is 29.4 Å². The van der Waals surface area contributed by atoms with Crippen LogP contribution in [-0.4, -0.2) is 39.4 Å². The summed E-state index contributed by atoms with van der Waals surface area (Å²) in [6, 6.07) is 13.3. The third-order valence-electron chi connectivity index (χ3n) is 4.62. The Kier molecular flexibility index (Phi) is 7.14. The molecule has 0 bridgehead atoms. The van der Waals surface area contributed by atoms with E-state index < -0.39 is 0 Å². The highest BCUT2D eigenvalue weighted by atomic mass is 32.2. The Morgan fingerprint density at radius 3 is 2.58 bits per heavy atom. The molecular weight excluding hydrogens is 414 g/mol. The molecule has 0 fully saturated rings. The molecular formula is C21H25N7O2S. The average Bonchev–Trinajstić information content (AvgIpc) is 3.12. The molecule has 0 spiro atoms. The van der Waals surface area contributed by atoms with Crippen molar-refractivity contribution in [3.8, 4) is 5.75 Å². The topological polar surface area (TPSA) is 119 Å². The second-order valence-corrected chi connectivity index (χ2v) is 7.79. The molecule has 0 unspecified atom stereocenters. The molecule has 9 nitrogen and oxygen atoms in total. The molecule has 3 aromatic rings. The molecule has 1 aromatic heterocycles. The number of hydrazone groups is 1. The summed E-state index contributed by atoms with van der Waals surface area (Å²) in [6.45, 7) is 5.89. The minimum Gasteiger partial charge on any atom is -0.497 e. The summed E-state index contributed by atoms with van der Waals surface area (Å²) in [7, 11) is 1.62. The fraction of sp³-hybridized carbons (Fsp3) is 0.238. The maximum Gasteiger partial charge on any atom is 0.264 e. The highest BCUT2D eigenvalue weighted by Crippen LogP contribution is 2.19. The van der Waals surface area contributed by atoms with Crippen LogP contribution in [0.15, 0.2) is 52.7 Å². The Balaban J connectivity index is 1.56. The number of aromatic nitrogens is 3. The number of nitrogens with two attached hydrogens (primary N) is 1. The van der Waals surface area contributed by atoms with Crippen LogP contribution in [0.5, 0.6) is 5.75 Å². The number of hydrogen-bond donors (Lipinski definition) is 3. The van der Waals surface area contributed by atoms with Crippen LogP contribution in [0.25, 0.3) is 0 Å². The van der Waals surface area contributed by atoms with Crippen LogP contribution >= 0.6 is 11.8 Å². The zero-order valence-electron chi connectivity index (χ0n) is 17.8. The normalized spacial score (nSPS) is 11.3. The van der Waals surface area contributed by atoms with Gasteiger partial charge in [0, 0.05) is 5.69 Å². The second-order valence-electron chi connectivity index (χ2n) is 6.85. The minimum absolute atomic E-state index is 0.149. The number of thioether (sulfide) groups is 1. The number of amides is 1. The lowest BCUT2D eigenvalue weighted by molar-refractivity contribution is -0.113. The number of hydrogen-bond acceptors (Lipinski definition) is 8. The summed E-state index contributed by atoms with van der Waals surface area (Å²) in [6.07, 6.45) is 0. The Morgan fingerprint density at radius 1 is 1.16 bits per heavy atom. The van der Waals surface area contributed by atoms with E-state index in [1.807, 2.05) is 63.2 Å². The highest BCUT2D eigenvalue weighted by molar-refractivity contribution is 7.99. The predicted octanol–water partition coefficient (Wildman–Crippen LogP) is 3.18. The molecule has 0 aliphatic heterocycles. The number of nitrogen functional groups attached to an aromatic ring is 1. The molecule has 0 atom stereocenters.